The van der Waals surface area contributed by atoms with E-state index in [2.05, 4.69) is 36.9 Å². The monoisotopic (exact) mass is 310 g/mol. The van der Waals surface area contributed by atoms with Crippen LogP contribution in [0.3, 0.4) is 0 Å². The second-order valence-corrected chi connectivity index (χ2v) is 8.47. The van der Waals surface area contributed by atoms with Crippen LogP contribution in [0, 0.1) is 13.8 Å². The topological polar surface area (TPSA) is 63.4 Å². The molecule has 0 amide bonds. The van der Waals surface area contributed by atoms with Crippen LogP contribution >= 0.6 is 0 Å². The lowest BCUT2D eigenvalue weighted by Gasteiger charge is -2.22. The molecular formula is C16H26N2O2S. The van der Waals surface area contributed by atoms with Crippen LogP contribution in [0.5, 0.6) is 0 Å². The summed E-state index contributed by atoms with van der Waals surface area (Å²) in [5.41, 5.74) is 9.95. The van der Waals surface area contributed by atoms with Crippen molar-refractivity contribution in [1.82, 2.24) is 4.90 Å². The Kier molecular flexibility index (Phi) is 5.41. The Balaban J connectivity index is 1.90. The van der Waals surface area contributed by atoms with Gasteiger partial charge in [0.05, 0.1) is 11.5 Å². The molecule has 0 bridgehead atoms. The zero-order valence-electron chi connectivity index (χ0n) is 13.0. The van der Waals surface area contributed by atoms with Crippen molar-refractivity contribution < 1.29 is 8.42 Å². The first-order chi connectivity index (χ1) is 9.85. The van der Waals surface area contributed by atoms with E-state index < -0.39 is 9.84 Å². The average Bonchev–Trinajstić information content (AvgIpc) is 2.56. The smallest absolute Gasteiger partial charge is 0.151 e. The molecule has 1 aliphatic heterocycles. The van der Waals surface area contributed by atoms with E-state index in [4.69, 9.17) is 5.73 Å². The minimum Gasteiger partial charge on any atom is -0.324 e. The van der Waals surface area contributed by atoms with E-state index in [1.807, 2.05) is 0 Å². The third kappa shape index (κ3) is 5.09. The molecule has 118 valence electrons. The second kappa shape index (κ2) is 6.90. The maximum atomic E-state index is 11.6. The second-order valence-electron chi connectivity index (χ2n) is 6.16. The molecular weight excluding hydrogens is 284 g/mol. The molecule has 0 radical (unpaired) electrons. The van der Waals surface area contributed by atoms with Crippen LogP contribution in [-0.4, -0.2) is 44.5 Å². The minimum absolute atomic E-state index is 0.0171. The molecule has 5 heteroatoms. The van der Waals surface area contributed by atoms with Crippen molar-refractivity contribution in [2.24, 2.45) is 5.73 Å². The van der Waals surface area contributed by atoms with Crippen LogP contribution in [0.1, 0.15) is 35.6 Å². The summed E-state index contributed by atoms with van der Waals surface area (Å²) in [6.45, 7) is 6.54. The summed E-state index contributed by atoms with van der Waals surface area (Å²) in [7, 11) is -2.83. The molecule has 1 atom stereocenters. The van der Waals surface area contributed by atoms with Crippen LogP contribution in [0.2, 0.25) is 0 Å². The maximum absolute atomic E-state index is 11.6. The van der Waals surface area contributed by atoms with Gasteiger partial charge in [-0.1, -0.05) is 29.3 Å². The van der Waals surface area contributed by atoms with Gasteiger partial charge in [0.1, 0.15) is 0 Å². The van der Waals surface area contributed by atoms with Crippen molar-refractivity contribution in [1.29, 1.82) is 0 Å². The highest BCUT2D eigenvalue weighted by atomic mass is 32.2. The summed E-state index contributed by atoms with van der Waals surface area (Å²) in [5, 5.41) is 0. The van der Waals surface area contributed by atoms with E-state index in [0.717, 1.165) is 25.9 Å². The highest BCUT2D eigenvalue weighted by Crippen LogP contribution is 2.18. The lowest BCUT2D eigenvalue weighted by molar-refractivity contribution is 0.283. The van der Waals surface area contributed by atoms with E-state index >= 15 is 0 Å². The first-order valence-electron chi connectivity index (χ1n) is 7.62. The Bertz CT molecular complexity index is 564. The molecule has 1 unspecified atom stereocenters. The van der Waals surface area contributed by atoms with Gasteiger partial charge in [-0.05, 0) is 45.3 Å². The van der Waals surface area contributed by atoms with Crippen LogP contribution in [-0.2, 0) is 9.84 Å². The number of aryl methyl sites for hydroxylation is 2. The quantitative estimate of drug-likeness (QED) is 0.921. The average molecular weight is 310 g/mol. The van der Waals surface area contributed by atoms with E-state index in [1.165, 1.54) is 16.7 Å². The van der Waals surface area contributed by atoms with Crippen molar-refractivity contribution in [2.75, 3.05) is 31.1 Å². The fourth-order valence-corrected chi connectivity index (χ4v) is 4.24. The summed E-state index contributed by atoms with van der Waals surface area (Å²) in [6.07, 6.45) is 1.60. The van der Waals surface area contributed by atoms with E-state index in [0.29, 0.717) is 12.3 Å². The number of rotatable bonds is 4. The number of sulfone groups is 1. The van der Waals surface area contributed by atoms with Gasteiger partial charge in [-0.15, -0.1) is 0 Å². The number of hydrogen-bond acceptors (Lipinski definition) is 4. The normalized spacial score (nSPS) is 20.9. The molecule has 0 aromatic heterocycles. The van der Waals surface area contributed by atoms with Crippen molar-refractivity contribution in [3.8, 4) is 0 Å². The maximum Gasteiger partial charge on any atom is 0.151 e. The highest BCUT2D eigenvalue weighted by Gasteiger charge is 2.19. The fourth-order valence-electron chi connectivity index (χ4n) is 2.93. The lowest BCUT2D eigenvalue weighted by atomic mass is 9.99. The SMILES string of the molecule is Cc1cc(C)cc(C(N)CCN2CCCS(=O)(=O)CC2)c1. The van der Waals surface area contributed by atoms with Gasteiger partial charge in [-0.2, -0.15) is 0 Å². The van der Waals surface area contributed by atoms with Gasteiger partial charge in [0, 0.05) is 12.6 Å². The van der Waals surface area contributed by atoms with Crippen LogP contribution in [0.15, 0.2) is 18.2 Å². The highest BCUT2D eigenvalue weighted by molar-refractivity contribution is 7.91. The number of hydrogen-bond donors (Lipinski definition) is 1. The van der Waals surface area contributed by atoms with E-state index in [1.54, 1.807) is 0 Å². The van der Waals surface area contributed by atoms with Crippen molar-refractivity contribution in [3.63, 3.8) is 0 Å². The van der Waals surface area contributed by atoms with Crippen molar-refractivity contribution in [2.45, 2.75) is 32.7 Å². The predicted octanol–water partition coefficient (Wildman–Crippen LogP) is 1.81. The van der Waals surface area contributed by atoms with Gasteiger partial charge in [0.15, 0.2) is 9.84 Å². The molecule has 0 spiro atoms. The molecule has 4 nitrogen and oxygen atoms in total. The molecule has 1 aliphatic rings. The zero-order chi connectivity index (χ0) is 15.5. The number of nitrogens with zero attached hydrogens (tertiary/aromatic N) is 1. The van der Waals surface area contributed by atoms with Gasteiger partial charge >= 0.3 is 0 Å². The van der Waals surface area contributed by atoms with Crippen molar-refractivity contribution in [3.05, 3.63) is 34.9 Å². The van der Waals surface area contributed by atoms with Crippen LogP contribution in [0.4, 0.5) is 0 Å². The third-order valence-corrected chi connectivity index (χ3v) is 5.79. The van der Waals surface area contributed by atoms with E-state index in [9.17, 15) is 8.42 Å². The standard InChI is InChI=1S/C16H26N2O2S/c1-13-10-14(2)12-15(11-13)16(17)4-6-18-5-3-8-21(19,20)9-7-18/h10-12,16H,3-9,17H2,1-2H3. The van der Waals surface area contributed by atoms with E-state index in [-0.39, 0.29) is 11.8 Å². The summed E-state index contributed by atoms with van der Waals surface area (Å²) < 4.78 is 23.2. The molecule has 2 rings (SSSR count). The lowest BCUT2D eigenvalue weighted by Crippen LogP contribution is -2.30. The summed E-state index contributed by atoms with van der Waals surface area (Å²) in [5.74, 6) is 0.610. The van der Waals surface area contributed by atoms with Gasteiger partial charge < -0.3 is 10.6 Å². The Labute approximate surface area is 128 Å². The first-order valence-corrected chi connectivity index (χ1v) is 9.44. The summed E-state index contributed by atoms with van der Waals surface area (Å²) in [6, 6.07) is 6.45. The van der Waals surface area contributed by atoms with Gasteiger partial charge in [-0.25, -0.2) is 8.42 Å². The molecule has 21 heavy (non-hydrogen) atoms. The molecule has 1 saturated heterocycles. The molecule has 1 fully saturated rings. The van der Waals surface area contributed by atoms with Crippen LogP contribution in [0.25, 0.3) is 0 Å². The number of benzene rings is 1. The molecule has 0 aliphatic carbocycles. The Hall–Kier alpha value is -0.910. The number of nitrogens with two attached hydrogens (primary N) is 1. The predicted molar refractivity (Wildman–Crippen MR) is 87.2 cm³/mol. The minimum atomic E-state index is -2.83. The third-order valence-electron chi connectivity index (χ3n) is 4.08. The largest absolute Gasteiger partial charge is 0.324 e. The molecule has 1 aromatic rings. The molecule has 0 saturated carbocycles. The molecule has 1 aromatic carbocycles. The van der Waals surface area contributed by atoms with Gasteiger partial charge in [0.2, 0.25) is 0 Å². The van der Waals surface area contributed by atoms with Gasteiger partial charge in [0.25, 0.3) is 0 Å². The van der Waals surface area contributed by atoms with Crippen molar-refractivity contribution >= 4 is 9.84 Å². The van der Waals surface area contributed by atoms with Crippen LogP contribution < -0.4 is 5.73 Å². The molecule has 1 heterocycles. The summed E-state index contributed by atoms with van der Waals surface area (Å²) >= 11 is 0. The van der Waals surface area contributed by atoms with Gasteiger partial charge in [-0.3, -0.25) is 0 Å². The molecule has 2 N–H and O–H groups in total. The summed E-state index contributed by atoms with van der Waals surface area (Å²) in [4.78, 5) is 2.23. The Morgan fingerprint density at radius 1 is 1.14 bits per heavy atom. The zero-order valence-corrected chi connectivity index (χ0v) is 13.8. The Morgan fingerprint density at radius 3 is 2.48 bits per heavy atom. The Morgan fingerprint density at radius 2 is 1.81 bits per heavy atom. The first kappa shape index (κ1) is 16.5. The fraction of sp³-hybridized carbons (Fsp3) is 0.625.